The van der Waals surface area contributed by atoms with Crippen LogP contribution in [-0.2, 0) is 9.59 Å². The lowest BCUT2D eigenvalue weighted by Gasteiger charge is -2.21. The van der Waals surface area contributed by atoms with Crippen molar-refractivity contribution in [2.24, 2.45) is 10.2 Å². The van der Waals surface area contributed by atoms with Gasteiger partial charge in [0.2, 0.25) is 11.8 Å². The van der Waals surface area contributed by atoms with Crippen LogP contribution in [0.3, 0.4) is 0 Å². The number of unbranched alkanes of at least 4 members (excludes halogenated alkanes) is 3. The van der Waals surface area contributed by atoms with Crippen molar-refractivity contribution in [1.29, 1.82) is 0 Å². The van der Waals surface area contributed by atoms with E-state index in [1.807, 2.05) is 12.1 Å². The van der Waals surface area contributed by atoms with Crippen LogP contribution in [0.25, 0.3) is 0 Å². The molecule has 0 saturated carbocycles. The van der Waals surface area contributed by atoms with E-state index in [0.29, 0.717) is 23.6 Å². The molecule has 1 saturated heterocycles. The average molecular weight is 485 g/mol. The Bertz CT molecular complexity index is 1040. The van der Waals surface area contributed by atoms with Crippen LogP contribution in [0.4, 0.5) is 10.1 Å². The van der Waals surface area contributed by atoms with E-state index in [2.05, 4.69) is 27.8 Å². The van der Waals surface area contributed by atoms with Gasteiger partial charge in [-0.25, -0.2) is 4.39 Å². The first-order chi connectivity index (χ1) is 16.4. The fourth-order valence-corrected chi connectivity index (χ4v) is 4.12. The van der Waals surface area contributed by atoms with E-state index in [4.69, 9.17) is 4.74 Å². The Balaban J connectivity index is 1.55. The second kappa shape index (κ2) is 12.9. The number of nitrogens with zero attached hydrogens (tertiary/aromatic N) is 2. The third-order valence-corrected chi connectivity index (χ3v) is 6.18. The van der Waals surface area contributed by atoms with Gasteiger partial charge in [-0.05, 0) is 55.3 Å². The molecular formula is C25H29FN4O3S. The lowest BCUT2D eigenvalue weighted by Crippen LogP contribution is -2.41. The highest BCUT2D eigenvalue weighted by molar-refractivity contribution is 8.15. The number of rotatable bonds is 10. The average Bonchev–Trinajstić information content (AvgIpc) is 2.83. The Hall–Kier alpha value is -3.20. The standard InChI is InChI=1S/C25H29FN4O3S/c1-3-4-5-6-15-33-21-13-11-20(12-14-21)27-24(32)22-16-23(31)28-25(34-22)30-29-17(2)18-7-9-19(26)10-8-18/h7-14,22H,3-6,15-16H2,1-2H3,(H,27,32)(H,28,30,31)/b29-17-. The molecule has 1 fully saturated rings. The molecule has 0 aromatic heterocycles. The smallest absolute Gasteiger partial charge is 0.238 e. The first-order valence-electron chi connectivity index (χ1n) is 11.3. The van der Waals surface area contributed by atoms with Gasteiger partial charge in [-0.15, -0.1) is 5.10 Å². The van der Waals surface area contributed by atoms with Crippen LogP contribution >= 0.6 is 11.8 Å². The molecule has 1 aliphatic heterocycles. The van der Waals surface area contributed by atoms with E-state index in [0.717, 1.165) is 30.4 Å². The van der Waals surface area contributed by atoms with Gasteiger partial charge >= 0.3 is 0 Å². The second-order valence-electron chi connectivity index (χ2n) is 7.88. The highest BCUT2D eigenvalue weighted by Gasteiger charge is 2.30. The molecule has 180 valence electrons. The molecule has 34 heavy (non-hydrogen) atoms. The van der Waals surface area contributed by atoms with E-state index in [9.17, 15) is 14.0 Å². The number of ether oxygens (including phenoxy) is 1. The molecular weight excluding hydrogens is 455 g/mol. The molecule has 1 aliphatic rings. The normalized spacial score (nSPS) is 17.4. The first-order valence-corrected chi connectivity index (χ1v) is 12.2. The molecule has 7 nitrogen and oxygen atoms in total. The van der Waals surface area contributed by atoms with E-state index >= 15 is 0 Å². The van der Waals surface area contributed by atoms with Gasteiger partial charge in [0, 0.05) is 12.1 Å². The zero-order valence-corrected chi connectivity index (χ0v) is 20.2. The van der Waals surface area contributed by atoms with E-state index < -0.39 is 5.25 Å². The summed E-state index contributed by atoms with van der Waals surface area (Å²) in [5.41, 5.74) is 1.89. The molecule has 1 heterocycles. The van der Waals surface area contributed by atoms with Crippen molar-refractivity contribution in [2.75, 3.05) is 11.9 Å². The van der Waals surface area contributed by atoms with Crippen molar-refractivity contribution in [1.82, 2.24) is 5.32 Å². The Kier molecular flexibility index (Phi) is 9.63. The topological polar surface area (TPSA) is 92.1 Å². The van der Waals surface area contributed by atoms with Crippen LogP contribution in [0.1, 0.15) is 51.5 Å². The van der Waals surface area contributed by atoms with Gasteiger partial charge in [0.15, 0.2) is 5.17 Å². The van der Waals surface area contributed by atoms with Gasteiger partial charge in [0.25, 0.3) is 0 Å². The maximum Gasteiger partial charge on any atom is 0.238 e. The minimum atomic E-state index is -0.636. The summed E-state index contributed by atoms with van der Waals surface area (Å²) in [4.78, 5) is 24.8. The lowest BCUT2D eigenvalue weighted by atomic mass is 10.1. The second-order valence-corrected chi connectivity index (χ2v) is 9.07. The summed E-state index contributed by atoms with van der Waals surface area (Å²) in [7, 11) is 0. The molecule has 0 radical (unpaired) electrons. The molecule has 3 rings (SSSR count). The third kappa shape index (κ3) is 7.98. The number of thioether (sulfide) groups is 1. The molecule has 1 unspecified atom stereocenters. The highest BCUT2D eigenvalue weighted by Crippen LogP contribution is 2.23. The van der Waals surface area contributed by atoms with Crippen molar-refractivity contribution in [3.8, 4) is 5.75 Å². The van der Waals surface area contributed by atoms with Crippen LogP contribution in [0, 0.1) is 5.82 Å². The van der Waals surface area contributed by atoms with Crippen molar-refractivity contribution >= 4 is 40.1 Å². The van der Waals surface area contributed by atoms with Gasteiger partial charge in [0.1, 0.15) is 16.8 Å². The lowest BCUT2D eigenvalue weighted by molar-refractivity contribution is -0.123. The molecule has 0 aliphatic carbocycles. The predicted molar refractivity (Wildman–Crippen MR) is 135 cm³/mol. The van der Waals surface area contributed by atoms with E-state index in [1.165, 1.54) is 25.0 Å². The summed E-state index contributed by atoms with van der Waals surface area (Å²) in [5, 5.41) is 13.3. The van der Waals surface area contributed by atoms with Gasteiger partial charge in [-0.1, -0.05) is 50.1 Å². The van der Waals surface area contributed by atoms with Crippen molar-refractivity contribution in [3.05, 3.63) is 59.9 Å². The molecule has 2 amide bonds. The number of halogens is 1. The fraction of sp³-hybridized carbons (Fsp3) is 0.360. The van der Waals surface area contributed by atoms with Gasteiger partial charge in [-0.2, -0.15) is 5.10 Å². The Labute approximate surface area is 203 Å². The van der Waals surface area contributed by atoms with E-state index in [1.54, 1.807) is 31.2 Å². The quantitative estimate of drug-likeness (QED) is 0.278. The van der Waals surface area contributed by atoms with Crippen LogP contribution in [0.2, 0.25) is 0 Å². The Morgan fingerprint density at radius 2 is 1.88 bits per heavy atom. The SMILES string of the molecule is CCCCCCOc1ccc(NC(=O)C2CC(=O)N/C(=N/N=C(/C)c3ccc(F)cc3)S2)cc1. The number of carbonyl (C=O) groups is 2. The number of hydrogen-bond acceptors (Lipinski definition) is 6. The number of nitrogens with one attached hydrogen (secondary N) is 2. The summed E-state index contributed by atoms with van der Waals surface area (Å²) in [6.07, 6.45) is 4.60. The number of amidine groups is 1. The Morgan fingerprint density at radius 1 is 1.15 bits per heavy atom. The zero-order chi connectivity index (χ0) is 24.3. The van der Waals surface area contributed by atoms with Crippen LogP contribution in [0.15, 0.2) is 58.7 Å². The highest BCUT2D eigenvalue weighted by atomic mass is 32.2. The summed E-state index contributed by atoms with van der Waals surface area (Å²) >= 11 is 1.14. The summed E-state index contributed by atoms with van der Waals surface area (Å²) in [6, 6.07) is 13.1. The van der Waals surface area contributed by atoms with Crippen molar-refractivity contribution < 1.29 is 18.7 Å². The van der Waals surface area contributed by atoms with Crippen LogP contribution in [-0.4, -0.2) is 34.6 Å². The third-order valence-electron chi connectivity index (χ3n) is 5.10. The predicted octanol–water partition coefficient (Wildman–Crippen LogP) is 5.13. The van der Waals surface area contributed by atoms with Crippen molar-refractivity contribution in [2.45, 2.75) is 51.2 Å². The van der Waals surface area contributed by atoms with Crippen LogP contribution in [0.5, 0.6) is 5.75 Å². The number of carbonyl (C=O) groups excluding carboxylic acids is 2. The maximum absolute atomic E-state index is 13.1. The number of hydrogen-bond donors (Lipinski definition) is 2. The van der Waals surface area contributed by atoms with Crippen molar-refractivity contribution in [3.63, 3.8) is 0 Å². The van der Waals surface area contributed by atoms with Gasteiger partial charge < -0.3 is 15.4 Å². The molecule has 2 N–H and O–H groups in total. The zero-order valence-electron chi connectivity index (χ0n) is 19.3. The summed E-state index contributed by atoms with van der Waals surface area (Å²) < 4.78 is 18.8. The maximum atomic E-state index is 13.1. The molecule has 9 heteroatoms. The Morgan fingerprint density at radius 3 is 2.59 bits per heavy atom. The van der Waals surface area contributed by atoms with Crippen LogP contribution < -0.4 is 15.4 Å². The molecule has 2 aromatic carbocycles. The first kappa shape index (κ1) is 25.4. The largest absolute Gasteiger partial charge is 0.494 e. The summed E-state index contributed by atoms with van der Waals surface area (Å²) in [5.74, 6) is -0.180. The number of amides is 2. The fourth-order valence-electron chi connectivity index (χ4n) is 3.18. The van der Waals surface area contributed by atoms with Gasteiger partial charge in [-0.3, -0.25) is 9.59 Å². The molecule has 0 bridgehead atoms. The number of anilines is 1. The monoisotopic (exact) mass is 484 g/mol. The molecule has 0 spiro atoms. The summed E-state index contributed by atoms with van der Waals surface area (Å²) in [6.45, 7) is 4.57. The number of benzene rings is 2. The minimum Gasteiger partial charge on any atom is -0.494 e. The molecule has 1 atom stereocenters. The van der Waals surface area contributed by atoms with Gasteiger partial charge in [0.05, 0.1) is 12.3 Å². The van der Waals surface area contributed by atoms with E-state index in [-0.39, 0.29) is 29.2 Å². The minimum absolute atomic E-state index is 0.0368. The molecule has 2 aromatic rings.